The highest BCUT2D eigenvalue weighted by atomic mass is 35.5. The van der Waals surface area contributed by atoms with Gasteiger partial charge in [0, 0.05) is 32.1 Å². The lowest BCUT2D eigenvalue weighted by Crippen LogP contribution is -2.48. The quantitative estimate of drug-likeness (QED) is 0.635. The molecular formula is C12H24ClN3O3. The smallest absolute Gasteiger partial charge is 0.250 e. The number of hydrogen-bond donors (Lipinski definition) is 3. The zero-order valence-corrected chi connectivity index (χ0v) is 12.3. The van der Waals surface area contributed by atoms with Gasteiger partial charge >= 0.3 is 0 Å². The van der Waals surface area contributed by atoms with Crippen LogP contribution in [0.5, 0.6) is 0 Å². The molecule has 0 radical (unpaired) electrons. The van der Waals surface area contributed by atoms with Gasteiger partial charge in [-0.15, -0.1) is 12.4 Å². The highest BCUT2D eigenvalue weighted by molar-refractivity contribution is 5.85. The molecule has 1 saturated heterocycles. The van der Waals surface area contributed by atoms with Crippen LogP contribution in [0.2, 0.25) is 0 Å². The van der Waals surface area contributed by atoms with E-state index in [0.29, 0.717) is 26.1 Å². The number of carbonyl (C=O) groups is 2. The van der Waals surface area contributed by atoms with Crippen LogP contribution in [0.1, 0.15) is 26.7 Å². The first-order chi connectivity index (χ1) is 8.63. The molecule has 0 aromatic carbocycles. The minimum absolute atomic E-state index is 0. The fourth-order valence-electron chi connectivity index (χ4n) is 1.60. The molecule has 0 aliphatic carbocycles. The Bertz CT molecular complexity index is 283. The average molecular weight is 294 g/mol. The van der Waals surface area contributed by atoms with Gasteiger partial charge in [-0.2, -0.15) is 0 Å². The largest absolute Gasteiger partial charge is 0.366 e. The molecule has 1 heterocycles. The average Bonchev–Trinajstić information content (AvgIpc) is 2.39. The molecular weight excluding hydrogens is 270 g/mol. The number of ether oxygens (including phenoxy) is 1. The third-order valence-corrected chi connectivity index (χ3v) is 2.89. The fraction of sp³-hybridized carbons (Fsp3) is 0.833. The zero-order valence-electron chi connectivity index (χ0n) is 11.5. The van der Waals surface area contributed by atoms with E-state index < -0.39 is 6.10 Å². The van der Waals surface area contributed by atoms with Gasteiger partial charge in [0.15, 0.2) is 0 Å². The van der Waals surface area contributed by atoms with E-state index in [0.717, 1.165) is 13.0 Å². The van der Waals surface area contributed by atoms with Gasteiger partial charge in [-0.25, -0.2) is 0 Å². The maximum atomic E-state index is 11.7. The standard InChI is InChI=1S/C12H23N3O3.ClH/c1-3-9(2)15-11(16)4-5-14-12(17)10-8-13-6-7-18-10;/h9-10,13H,3-8H2,1-2H3,(H,14,17)(H,15,16);1H. The van der Waals surface area contributed by atoms with Gasteiger partial charge in [0.1, 0.15) is 6.10 Å². The van der Waals surface area contributed by atoms with Crippen molar-refractivity contribution in [3.63, 3.8) is 0 Å². The third-order valence-electron chi connectivity index (χ3n) is 2.89. The summed E-state index contributed by atoms with van der Waals surface area (Å²) in [6, 6.07) is 0.180. The predicted octanol–water partition coefficient (Wildman–Crippen LogP) is -0.182. The summed E-state index contributed by atoms with van der Waals surface area (Å²) in [6.45, 7) is 6.18. The second-order valence-electron chi connectivity index (χ2n) is 4.48. The van der Waals surface area contributed by atoms with E-state index in [-0.39, 0.29) is 30.3 Å². The summed E-state index contributed by atoms with van der Waals surface area (Å²) in [5.74, 6) is -0.189. The highest BCUT2D eigenvalue weighted by Gasteiger charge is 2.21. The van der Waals surface area contributed by atoms with Crippen molar-refractivity contribution in [1.29, 1.82) is 0 Å². The molecule has 2 atom stereocenters. The molecule has 112 valence electrons. The van der Waals surface area contributed by atoms with Crippen molar-refractivity contribution < 1.29 is 14.3 Å². The van der Waals surface area contributed by atoms with E-state index in [1.165, 1.54) is 0 Å². The number of morpholine rings is 1. The summed E-state index contributed by atoms with van der Waals surface area (Å²) in [5, 5.41) is 8.64. The SMILES string of the molecule is CCC(C)NC(=O)CCNC(=O)C1CNCCO1.Cl. The van der Waals surface area contributed by atoms with Gasteiger partial charge < -0.3 is 20.7 Å². The summed E-state index contributed by atoms with van der Waals surface area (Å²) in [6.07, 6.45) is 0.770. The van der Waals surface area contributed by atoms with Crippen molar-refractivity contribution in [3.05, 3.63) is 0 Å². The van der Waals surface area contributed by atoms with E-state index in [1.54, 1.807) is 0 Å². The van der Waals surface area contributed by atoms with Gasteiger partial charge in [0.05, 0.1) is 6.61 Å². The van der Waals surface area contributed by atoms with Gasteiger partial charge in [-0.05, 0) is 13.3 Å². The molecule has 19 heavy (non-hydrogen) atoms. The maximum Gasteiger partial charge on any atom is 0.250 e. The van der Waals surface area contributed by atoms with Gasteiger partial charge in [-0.1, -0.05) is 6.92 Å². The van der Waals surface area contributed by atoms with Crippen LogP contribution in [0.25, 0.3) is 0 Å². The lowest BCUT2D eigenvalue weighted by Gasteiger charge is -2.22. The van der Waals surface area contributed by atoms with Gasteiger partial charge in [0.25, 0.3) is 0 Å². The number of amides is 2. The number of halogens is 1. The maximum absolute atomic E-state index is 11.7. The normalized spacial score (nSPS) is 20.0. The molecule has 0 saturated carbocycles. The Morgan fingerprint density at radius 1 is 1.47 bits per heavy atom. The second kappa shape index (κ2) is 10.00. The second-order valence-corrected chi connectivity index (χ2v) is 4.48. The monoisotopic (exact) mass is 293 g/mol. The van der Waals surface area contributed by atoms with E-state index in [4.69, 9.17) is 4.74 Å². The number of rotatable bonds is 6. The predicted molar refractivity (Wildman–Crippen MR) is 75.4 cm³/mol. The van der Waals surface area contributed by atoms with Crippen LogP contribution in [0.4, 0.5) is 0 Å². The molecule has 0 bridgehead atoms. The molecule has 1 aliphatic heterocycles. The first-order valence-electron chi connectivity index (χ1n) is 6.53. The number of nitrogens with one attached hydrogen (secondary N) is 3. The van der Waals surface area contributed by atoms with Crippen molar-refractivity contribution in [2.75, 3.05) is 26.2 Å². The Hall–Kier alpha value is -0.850. The van der Waals surface area contributed by atoms with E-state index in [1.807, 2.05) is 13.8 Å². The first-order valence-corrected chi connectivity index (χ1v) is 6.53. The Balaban J connectivity index is 0.00000324. The van der Waals surface area contributed by atoms with Crippen molar-refractivity contribution in [3.8, 4) is 0 Å². The molecule has 7 heteroatoms. The van der Waals surface area contributed by atoms with Crippen LogP contribution in [0, 0.1) is 0 Å². The Kier molecular flexibility index (Phi) is 9.55. The lowest BCUT2D eigenvalue weighted by atomic mass is 10.2. The van der Waals surface area contributed by atoms with Crippen LogP contribution in [0.15, 0.2) is 0 Å². The third kappa shape index (κ3) is 7.34. The summed E-state index contributed by atoms with van der Waals surface area (Å²) in [5.41, 5.74) is 0. The Labute approximate surface area is 120 Å². The molecule has 6 nitrogen and oxygen atoms in total. The van der Waals surface area contributed by atoms with Gasteiger partial charge in [-0.3, -0.25) is 9.59 Å². The van der Waals surface area contributed by atoms with E-state index in [9.17, 15) is 9.59 Å². The van der Waals surface area contributed by atoms with Crippen LogP contribution < -0.4 is 16.0 Å². The molecule has 0 aromatic rings. The summed E-state index contributed by atoms with van der Waals surface area (Å²) in [7, 11) is 0. The Morgan fingerprint density at radius 2 is 2.21 bits per heavy atom. The molecule has 0 spiro atoms. The Morgan fingerprint density at radius 3 is 2.79 bits per heavy atom. The van der Waals surface area contributed by atoms with Crippen LogP contribution >= 0.6 is 12.4 Å². The fourth-order valence-corrected chi connectivity index (χ4v) is 1.60. The van der Waals surface area contributed by atoms with Crippen molar-refractivity contribution in [2.45, 2.75) is 38.8 Å². The van der Waals surface area contributed by atoms with Crippen LogP contribution in [-0.4, -0.2) is 50.2 Å². The summed E-state index contributed by atoms with van der Waals surface area (Å²) < 4.78 is 5.30. The zero-order chi connectivity index (χ0) is 13.4. The number of hydrogen-bond acceptors (Lipinski definition) is 4. The van der Waals surface area contributed by atoms with Crippen molar-refractivity contribution >= 4 is 24.2 Å². The van der Waals surface area contributed by atoms with Crippen LogP contribution in [-0.2, 0) is 14.3 Å². The molecule has 2 unspecified atom stereocenters. The minimum atomic E-state index is -0.434. The van der Waals surface area contributed by atoms with Crippen molar-refractivity contribution in [2.24, 2.45) is 0 Å². The van der Waals surface area contributed by atoms with Crippen molar-refractivity contribution in [1.82, 2.24) is 16.0 Å². The molecule has 1 rings (SSSR count). The minimum Gasteiger partial charge on any atom is -0.366 e. The van der Waals surface area contributed by atoms with Gasteiger partial charge in [0.2, 0.25) is 11.8 Å². The molecule has 0 aromatic heterocycles. The summed E-state index contributed by atoms with van der Waals surface area (Å²) >= 11 is 0. The van der Waals surface area contributed by atoms with Crippen LogP contribution in [0.3, 0.4) is 0 Å². The molecule has 3 N–H and O–H groups in total. The van der Waals surface area contributed by atoms with E-state index >= 15 is 0 Å². The van der Waals surface area contributed by atoms with E-state index in [2.05, 4.69) is 16.0 Å². The first kappa shape index (κ1) is 18.1. The lowest BCUT2D eigenvalue weighted by molar-refractivity contribution is -0.134. The summed E-state index contributed by atoms with van der Waals surface area (Å²) in [4.78, 5) is 23.1. The molecule has 1 fully saturated rings. The number of carbonyl (C=O) groups excluding carboxylic acids is 2. The molecule has 2 amide bonds. The molecule has 1 aliphatic rings. The topological polar surface area (TPSA) is 79.5 Å². The highest BCUT2D eigenvalue weighted by Crippen LogP contribution is 1.96.